The monoisotopic (exact) mass is 348 g/mol. The highest BCUT2D eigenvalue weighted by Gasteiger charge is 2.40. The number of hydrogen-bond donors (Lipinski definition) is 3. The van der Waals surface area contributed by atoms with Crippen molar-refractivity contribution in [3.63, 3.8) is 0 Å². The van der Waals surface area contributed by atoms with Gasteiger partial charge >= 0.3 is 0 Å². The van der Waals surface area contributed by atoms with Crippen molar-refractivity contribution in [2.75, 3.05) is 19.5 Å². The van der Waals surface area contributed by atoms with Gasteiger partial charge < -0.3 is 25.4 Å². The zero-order valence-electron chi connectivity index (χ0n) is 14.7. The van der Waals surface area contributed by atoms with Gasteiger partial charge in [-0.15, -0.1) is 0 Å². The van der Waals surface area contributed by atoms with Crippen molar-refractivity contribution in [3.05, 3.63) is 18.2 Å². The number of nitrogens with one attached hydrogen (secondary N) is 2. The molecule has 1 aromatic carbocycles. The third-order valence-corrected chi connectivity index (χ3v) is 5.00. The Kier molecular flexibility index (Phi) is 5.43. The molecule has 1 aliphatic heterocycles. The summed E-state index contributed by atoms with van der Waals surface area (Å²) < 4.78 is 10.4. The number of piperazine rings is 1. The van der Waals surface area contributed by atoms with Gasteiger partial charge in [0.15, 0.2) is 6.04 Å². The first-order chi connectivity index (χ1) is 12.1. The van der Waals surface area contributed by atoms with Crippen LogP contribution in [0.15, 0.2) is 18.2 Å². The Labute approximate surface area is 147 Å². The number of anilines is 1. The minimum Gasteiger partial charge on any atom is -0.497 e. The maximum absolute atomic E-state index is 12.4. The van der Waals surface area contributed by atoms with E-state index < -0.39 is 0 Å². The van der Waals surface area contributed by atoms with Crippen LogP contribution in [-0.4, -0.2) is 44.2 Å². The van der Waals surface area contributed by atoms with E-state index in [0.717, 1.165) is 19.3 Å². The third kappa shape index (κ3) is 4.22. The van der Waals surface area contributed by atoms with Crippen LogP contribution in [0.5, 0.6) is 11.5 Å². The molecule has 25 heavy (non-hydrogen) atoms. The van der Waals surface area contributed by atoms with Gasteiger partial charge in [0.2, 0.25) is 5.91 Å². The van der Waals surface area contributed by atoms with Gasteiger partial charge in [0, 0.05) is 30.3 Å². The van der Waals surface area contributed by atoms with Crippen molar-refractivity contribution in [1.29, 1.82) is 0 Å². The predicted molar refractivity (Wildman–Crippen MR) is 92.7 cm³/mol. The smallest absolute Gasteiger partial charge is 0.279 e. The van der Waals surface area contributed by atoms with Gasteiger partial charge in [-0.3, -0.25) is 9.59 Å². The van der Waals surface area contributed by atoms with E-state index in [1.807, 2.05) is 0 Å². The summed E-state index contributed by atoms with van der Waals surface area (Å²) >= 11 is 0. The van der Waals surface area contributed by atoms with Crippen molar-refractivity contribution < 1.29 is 24.4 Å². The van der Waals surface area contributed by atoms with E-state index in [9.17, 15) is 9.59 Å². The molecule has 136 valence electrons. The minimum absolute atomic E-state index is 0.0403. The topological polar surface area (TPSA) is 93.3 Å². The Morgan fingerprint density at radius 3 is 2.56 bits per heavy atom. The molecular formula is C18H26N3O4+. The van der Waals surface area contributed by atoms with Crippen molar-refractivity contribution in [1.82, 2.24) is 5.32 Å². The second-order valence-electron chi connectivity index (χ2n) is 6.72. The number of ether oxygens (including phenoxy) is 2. The number of amides is 2. The molecule has 1 saturated heterocycles. The number of fused-ring (bicyclic) bond motifs is 1. The van der Waals surface area contributed by atoms with Gasteiger partial charge in [-0.05, 0) is 12.8 Å². The molecule has 1 aliphatic carbocycles. The molecule has 4 N–H and O–H groups in total. The van der Waals surface area contributed by atoms with Crippen LogP contribution in [0.4, 0.5) is 5.69 Å². The van der Waals surface area contributed by atoms with E-state index in [-0.39, 0.29) is 30.3 Å². The summed E-state index contributed by atoms with van der Waals surface area (Å²) in [6.07, 6.45) is 4.63. The van der Waals surface area contributed by atoms with Gasteiger partial charge in [0.05, 0.1) is 26.7 Å². The highest BCUT2D eigenvalue weighted by molar-refractivity contribution is 5.95. The number of quaternary nitrogens is 1. The lowest BCUT2D eigenvalue weighted by molar-refractivity contribution is -0.718. The molecule has 1 heterocycles. The van der Waals surface area contributed by atoms with E-state index in [1.165, 1.54) is 6.42 Å². The molecule has 1 saturated carbocycles. The Bertz CT molecular complexity index is 627. The van der Waals surface area contributed by atoms with E-state index in [1.54, 1.807) is 32.4 Å². The summed E-state index contributed by atoms with van der Waals surface area (Å²) in [4.78, 5) is 24.7. The second-order valence-corrected chi connectivity index (χ2v) is 6.72. The summed E-state index contributed by atoms with van der Waals surface area (Å²) in [7, 11) is 3.12. The van der Waals surface area contributed by atoms with Crippen molar-refractivity contribution in [3.8, 4) is 11.5 Å². The highest BCUT2D eigenvalue weighted by atomic mass is 16.5. The lowest BCUT2D eigenvalue weighted by Gasteiger charge is -2.37. The quantitative estimate of drug-likeness (QED) is 0.718. The maximum atomic E-state index is 12.4. The first-order valence-electron chi connectivity index (χ1n) is 8.77. The van der Waals surface area contributed by atoms with Crippen molar-refractivity contribution in [2.24, 2.45) is 0 Å². The number of carbonyl (C=O) groups excluding carboxylic acids is 2. The average molecular weight is 348 g/mol. The number of rotatable bonds is 5. The zero-order chi connectivity index (χ0) is 17.8. The lowest BCUT2D eigenvalue weighted by Crippen LogP contribution is -3.03. The van der Waals surface area contributed by atoms with Crippen LogP contribution in [0.3, 0.4) is 0 Å². The molecule has 0 bridgehead atoms. The normalized spacial score (nSPS) is 25.5. The molecule has 3 rings (SSSR count). The fraction of sp³-hybridized carbons (Fsp3) is 0.556. The second kappa shape index (κ2) is 7.74. The number of carbonyl (C=O) groups is 2. The molecule has 0 aromatic heterocycles. The molecule has 0 spiro atoms. The Balaban J connectivity index is 1.61. The summed E-state index contributed by atoms with van der Waals surface area (Å²) in [5, 5.41) is 7.99. The standard InChI is InChI=1S/C18H25N3O4/c1-24-12-7-11(8-13(9-12)25-2)19-17(22)10-16-18(23)21-15-6-4-3-5-14(15)20-16/h7-9,14-16,20H,3-6,10H2,1-2H3,(H,19,22)(H,21,23)/p+1/t14-,15+,16+/m1/s1. The molecule has 3 atom stereocenters. The van der Waals surface area contributed by atoms with Gasteiger partial charge in [-0.2, -0.15) is 0 Å². The third-order valence-electron chi connectivity index (χ3n) is 5.00. The largest absolute Gasteiger partial charge is 0.497 e. The highest BCUT2D eigenvalue weighted by Crippen LogP contribution is 2.26. The number of hydrogen-bond acceptors (Lipinski definition) is 4. The molecule has 1 aromatic rings. The summed E-state index contributed by atoms with van der Waals surface area (Å²) in [5.41, 5.74) is 0.591. The van der Waals surface area contributed by atoms with Crippen LogP contribution in [0, 0.1) is 0 Å². The molecule has 2 amide bonds. The van der Waals surface area contributed by atoms with Crippen LogP contribution in [0.25, 0.3) is 0 Å². The number of nitrogens with two attached hydrogens (primary N) is 1. The summed E-state index contributed by atoms with van der Waals surface area (Å²) in [6, 6.07) is 5.46. The molecule has 7 nitrogen and oxygen atoms in total. The molecule has 0 radical (unpaired) electrons. The molecule has 7 heteroatoms. The van der Waals surface area contributed by atoms with Gasteiger partial charge in [-0.1, -0.05) is 6.42 Å². The van der Waals surface area contributed by atoms with Gasteiger partial charge in [0.1, 0.15) is 17.5 Å². The van der Waals surface area contributed by atoms with Crippen molar-refractivity contribution in [2.45, 2.75) is 50.2 Å². The van der Waals surface area contributed by atoms with E-state index in [2.05, 4.69) is 16.0 Å². The Morgan fingerprint density at radius 1 is 1.20 bits per heavy atom. The predicted octanol–water partition coefficient (Wildman–Crippen LogP) is 0.405. The minimum atomic E-state index is -0.369. The maximum Gasteiger partial charge on any atom is 0.279 e. The van der Waals surface area contributed by atoms with E-state index in [0.29, 0.717) is 23.2 Å². The van der Waals surface area contributed by atoms with Gasteiger partial charge in [0.25, 0.3) is 5.91 Å². The van der Waals surface area contributed by atoms with E-state index >= 15 is 0 Å². The molecule has 2 aliphatic rings. The summed E-state index contributed by atoms with van der Waals surface area (Å²) in [5.74, 6) is 0.964. The Hall–Kier alpha value is -2.28. The average Bonchev–Trinajstić information content (AvgIpc) is 2.61. The van der Waals surface area contributed by atoms with Gasteiger partial charge in [-0.25, -0.2) is 0 Å². The van der Waals surface area contributed by atoms with Crippen LogP contribution in [-0.2, 0) is 9.59 Å². The number of benzene rings is 1. The summed E-state index contributed by atoms with van der Waals surface area (Å²) in [6.45, 7) is 0. The molecule has 0 unspecified atom stereocenters. The number of methoxy groups -OCH3 is 2. The SMILES string of the molecule is COc1cc(NC(=O)C[C@@H]2[NH2+][C@@H]3CCCC[C@@H]3NC2=O)cc(OC)c1. The van der Waals surface area contributed by atoms with Crippen LogP contribution in [0.1, 0.15) is 32.1 Å². The first-order valence-corrected chi connectivity index (χ1v) is 8.77. The fourth-order valence-electron chi connectivity index (χ4n) is 3.70. The molecular weight excluding hydrogens is 322 g/mol. The first kappa shape index (κ1) is 17.5. The zero-order valence-corrected chi connectivity index (χ0v) is 14.7. The van der Waals surface area contributed by atoms with Crippen LogP contribution in [0.2, 0.25) is 0 Å². The van der Waals surface area contributed by atoms with E-state index in [4.69, 9.17) is 9.47 Å². The van der Waals surface area contributed by atoms with Crippen molar-refractivity contribution >= 4 is 17.5 Å². The Morgan fingerprint density at radius 2 is 1.88 bits per heavy atom. The lowest BCUT2D eigenvalue weighted by atomic mass is 9.87. The molecule has 2 fully saturated rings. The van der Waals surface area contributed by atoms with Crippen LogP contribution >= 0.6 is 0 Å². The van der Waals surface area contributed by atoms with Crippen LogP contribution < -0.4 is 25.4 Å². The fourth-order valence-corrected chi connectivity index (χ4v) is 3.70.